The van der Waals surface area contributed by atoms with Crippen LogP contribution in [0.4, 0.5) is 0 Å². The highest BCUT2D eigenvalue weighted by Crippen LogP contribution is 2.23. The van der Waals surface area contributed by atoms with Gasteiger partial charge >= 0.3 is 0 Å². The SMILES string of the molecule is COc1ccc(CN([Si](C)(C)C)[Si](C)(C)C)cc1. The molecular formula is C14H27NOSi2. The van der Waals surface area contributed by atoms with Crippen LogP contribution in [0.5, 0.6) is 5.75 Å². The van der Waals surface area contributed by atoms with Crippen LogP contribution in [0, 0.1) is 0 Å². The molecule has 0 radical (unpaired) electrons. The van der Waals surface area contributed by atoms with Gasteiger partial charge in [0.05, 0.1) is 7.11 Å². The highest BCUT2D eigenvalue weighted by atomic mass is 28.4. The molecule has 0 aliphatic heterocycles. The molecule has 102 valence electrons. The standard InChI is InChI=1S/C14H27NOSi2/c1-16-14-10-8-13(9-11-14)12-15(17(2,3)4)18(5,6)7/h8-11H,12H2,1-7H3. The lowest BCUT2D eigenvalue weighted by Crippen LogP contribution is -2.58. The van der Waals surface area contributed by atoms with Crippen LogP contribution in [0.25, 0.3) is 0 Å². The van der Waals surface area contributed by atoms with Gasteiger partial charge in [-0.1, -0.05) is 51.4 Å². The van der Waals surface area contributed by atoms with Crippen LogP contribution in [0.15, 0.2) is 24.3 Å². The number of rotatable bonds is 5. The predicted octanol–water partition coefficient (Wildman–Crippen LogP) is 4.17. The first-order valence-corrected chi connectivity index (χ1v) is 13.4. The molecule has 0 unspecified atom stereocenters. The third-order valence-electron chi connectivity index (χ3n) is 3.12. The maximum Gasteiger partial charge on any atom is 0.118 e. The Balaban J connectivity index is 2.90. The fraction of sp³-hybridized carbons (Fsp3) is 0.571. The van der Waals surface area contributed by atoms with E-state index in [2.05, 4.69) is 67.8 Å². The summed E-state index contributed by atoms with van der Waals surface area (Å²) in [5.74, 6) is 0.936. The van der Waals surface area contributed by atoms with Crippen molar-refractivity contribution in [2.75, 3.05) is 7.11 Å². The van der Waals surface area contributed by atoms with Gasteiger partial charge in [0.25, 0.3) is 0 Å². The molecular weight excluding hydrogens is 254 g/mol. The number of hydrogen-bond donors (Lipinski definition) is 0. The maximum atomic E-state index is 5.21. The first kappa shape index (κ1) is 15.5. The second-order valence-corrected chi connectivity index (χ2v) is 17.0. The van der Waals surface area contributed by atoms with Crippen LogP contribution in [-0.2, 0) is 6.54 Å². The smallest absolute Gasteiger partial charge is 0.118 e. The Morgan fingerprint density at radius 2 is 1.33 bits per heavy atom. The van der Waals surface area contributed by atoms with Crippen molar-refractivity contribution in [3.63, 3.8) is 0 Å². The summed E-state index contributed by atoms with van der Waals surface area (Å²) in [7, 11) is -0.812. The van der Waals surface area contributed by atoms with Gasteiger partial charge in [-0.3, -0.25) is 0 Å². The molecule has 0 saturated carbocycles. The lowest BCUT2D eigenvalue weighted by molar-refractivity contribution is 0.414. The van der Waals surface area contributed by atoms with Gasteiger partial charge in [0, 0.05) is 6.54 Å². The lowest BCUT2D eigenvalue weighted by atomic mass is 10.2. The third-order valence-corrected chi connectivity index (χ3v) is 10.7. The number of nitrogens with zero attached hydrogens (tertiary/aromatic N) is 1. The average molecular weight is 282 g/mol. The van der Waals surface area contributed by atoms with E-state index in [4.69, 9.17) is 4.74 Å². The van der Waals surface area contributed by atoms with Crippen molar-refractivity contribution >= 4 is 16.5 Å². The highest BCUT2D eigenvalue weighted by molar-refractivity contribution is 6.89. The van der Waals surface area contributed by atoms with Crippen LogP contribution in [0.1, 0.15) is 5.56 Å². The third kappa shape index (κ3) is 4.26. The molecule has 0 aliphatic rings. The fourth-order valence-corrected chi connectivity index (χ4v) is 11.8. The second-order valence-electron chi connectivity index (χ2n) is 6.78. The molecule has 0 atom stereocenters. The van der Waals surface area contributed by atoms with Gasteiger partial charge in [-0.25, -0.2) is 0 Å². The van der Waals surface area contributed by atoms with Gasteiger partial charge in [0.1, 0.15) is 22.2 Å². The molecule has 1 aromatic rings. The average Bonchev–Trinajstić information content (AvgIpc) is 2.23. The van der Waals surface area contributed by atoms with E-state index >= 15 is 0 Å². The lowest BCUT2D eigenvalue weighted by Gasteiger charge is -2.43. The molecule has 1 aromatic carbocycles. The zero-order valence-electron chi connectivity index (χ0n) is 12.9. The van der Waals surface area contributed by atoms with Gasteiger partial charge in [-0.2, -0.15) is 0 Å². The first-order chi connectivity index (χ1) is 8.14. The fourth-order valence-electron chi connectivity index (χ4n) is 2.39. The van der Waals surface area contributed by atoms with Gasteiger partial charge in [0.2, 0.25) is 0 Å². The molecule has 0 bridgehead atoms. The molecule has 0 saturated heterocycles. The highest BCUT2D eigenvalue weighted by Gasteiger charge is 2.33. The van der Waals surface area contributed by atoms with Gasteiger partial charge in [-0.05, 0) is 17.7 Å². The molecule has 2 nitrogen and oxygen atoms in total. The molecule has 0 spiro atoms. The van der Waals surface area contributed by atoms with E-state index in [-0.39, 0.29) is 0 Å². The van der Waals surface area contributed by atoms with Crippen LogP contribution < -0.4 is 4.74 Å². The zero-order valence-corrected chi connectivity index (χ0v) is 14.9. The van der Waals surface area contributed by atoms with Crippen molar-refractivity contribution in [3.05, 3.63) is 29.8 Å². The van der Waals surface area contributed by atoms with E-state index in [0.717, 1.165) is 12.3 Å². The summed E-state index contributed by atoms with van der Waals surface area (Å²) < 4.78 is 8.01. The Kier molecular flexibility index (Phi) is 4.80. The number of ether oxygens (including phenoxy) is 1. The van der Waals surface area contributed by atoms with E-state index < -0.39 is 16.5 Å². The Morgan fingerprint density at radius 3 is 1.67 bits per heavy atom. The quantitative estimate of drug-likeness (QED) is 0.751. The molecule has 0 heterocycles. The van der Waals surface area contributed by atoms with Crippen molar-refractivity contribution in [1.82, 2.24) is 4.23 Å². The Morgan fingerprint density at radius 1 is 0.889 bits per heavy atom. The Labute approximate surface area is 114 Å². The summed E-state index contributed by atoms with van der Waals surface area (Å²) >= 11 is 0. The zero-order chi connectivity index (χ0) is 14.0. The van der Waals surface area contributed by atoms with E-state index in [0.29, 0.717) is 0 Å². The molecule has 0 aliphatic carbocycles. The molecule has 0 fully saturated rings. The molecule has 0 amide bonds. The minimum atomic E-state index is -1.26. The van der Waals surface area contributed by atoms with Crippen molar-refractivity contribution in [2.45, 2.75) is 45.8 Å². The van der Waals surface area contributed by atoms with Gasteiger partial charge in [0.15, 0.2) is 0 Å². The summed E-state index contributed by atoms with van der Waals surface area (Å²) in [6.45, 7) is 15.7. The summed E-state index contributed by atoms with van der Waals surface area (Å²) in [5, 5.41) is 0. The van der Waals surface area contributed by atoms with Crippen LogP contribution >= 0.6 is 0 Å². The van der Waals surface area contributed by atoms with Crippen molar-refractivity contribution in [3.8, 4) is 5.75 Å². The normalized spacial score (nSPS) is 12.9. The van der Waals surface area contributed by atoms with Crippen molar-refractivity contribution in [1.29, 1.82) is 0 Å². The topological polar surface area (TPSA) is 12.5 Å². The summed E-state index contributed by atoms with van der Waals surface area (Å²) in [4.78, 5) is 0. The van der Waals surface area contributed by atoms with Crippen molar-refractivity contribution in [2.24, 2.45) is 0 Å². The van der Waals surface area contributed by atoms with Crippen LogP contribution in [0.3, 0.4) is 0 Å². The number of methoxy groups -OCH3 is 1. The minimum absolute atomic E-state index is 0.936. The molecule has 4 heteroatoms. The van der Waals surface area contributed by atoms with Crippen LogP contribution in [-0.4, -0.2) is 27.8 Å². The maximum absolute atomic E-state index is 5.21. The monoisotopic (exact) mass is 281 g/mol. The molecule has 0 N–H and O–H groups in total. The predicted molar refractivity (Wildman–Crippen MR) is 85.2 cm³/mol. The number of hydrogen-bond acceptors (Lipinski definition) is 2. The van der Waals surface area contributed by atoms with Crippen molar-refractivity contribution < 1.29 is 4.74 Å². The van der Waals surface area contributed by atoms with E-state index in [1.165, 1.54) is 5.56 Å². The van der Waals surface area contributed by atoms with Gasteiger partial charge in [-0.15, -0.1) is 0 Å². The largest absolute Gasteiger partial charge is 0.497 e. The van der Waals surface area contributed by atoms with E-state index in [9.17, 15) is 0 Å². The van der Waals surface area contributed by atoms with Gasteiger partial charge < -0.3 is 8.97 Å². The number of benzene rings is 1. The second kappa shape index (κ2) is 5.59. The summed E-state index contributed by atoms with van der Waals surface area (Å²) in [6, 6.07) is 8.49. The minimum Gasteiger partial charge on any atom is -0.497 e. The molecule has 1 rings (SSSR count). The molecule has 0 aromatic heterocycles. The van der Waals surface area contributed by atoms with E-state index in [1.54, 1.807) is 7.11 Å². The Hall–Kier alpha value is -0.586. The Bertz CT molecular complexity index is 362. The first-order valence-electron chi connectivity index (χ1n) is 6.55. The van der Waals surface area contributed by atoms with Crippen LogP contribution in [0.2, 0.25) is 39.3 Å². The van der Waals surface area contributed by atoms with E-state index in [1.807, 2.05) is 0 Å². The summed E-state index contributed by atoms with van der Waals surface area (Å²) in [6.07, 6.45) is 0. The molecule has 18 heavy (non-hydrogen) atoms. The summed E-state index contributed by atoms with van der Waals surface area (Å²) in [5.41, 5.74) is 1.39.